The normalized spacial score (nSPS) is 22.0. The first-order valence-corrected chi connectivity index (χ1v) is 8.38. The molecule has 21 heavy (non-hydrogen) atoms. The molecule has 1 N–H and O–H groups in total. The molecule has 1 atom stereocenters. The van der Waals surface area contributed by atoms with E-state index in [1.54, 1.807) is 0 Å². The minimum atomic E-state index is 0.224. The van der Waals surface area contributed by atoms with E-state index in [0.717, 1.165) is 12.5 Å². The Hall–Kier alpha value is -0.820. The molecule has 0 saturated heterocycles. The molecule has 0 bridgehead atoms. The van der Waals surface area contributed by atoms with Gasteiger partial charge in [-0.25, -0.2) is 0 Å². The van der Waals surface area contributed by atoms with E-state index in [0.29, 0.717) is 16.9 Å². The molecule has 2 rings (SSSR count). The van der Waals surface area contributed by atoms with Gasteiger partial charge < -0.3 is 5.32 Å². The minimum absolute atomic E-state index is 0.224. The first kappa shape index (κ1) is 16.5. The molecular weight excluding hydrogens is 254 g/mol. The quantitative estimate of drug-likeness (QED) is 0.775. The summed E-state index contributed by atoms with van der Waals surface area (Å²) in [7, 11) is 0. The van der Waals surface area contributed by atoms with E-state index in [-0.39, 0.29) is 5.41 Å². The Balaban J connectivity index is 1.87. The zero-order valence-corrected chi connectivity index (χ0v) is 15.0. The van der Waals surface area contributed by atoms with Crippen molar-refractivity contribution in [1.82, 2.24) is 5.32 Å². The number of hydrogen-bond acceptors (Lipinski definition) is 1. The molecule has 118 valence electrons. The highest BCUT2D eigenvalue weighted by Crippen LogP contribution is 2.67. The standard InChI is InChI=1S/C20H33N/c1-15(21-14-17-19(4,5)20(17,6)7)13-18(2,3)16-11-9-8-10-12-16/h8-12,15,17,21H,13-14H2,1-7H3. The van der Waals surface area contributed by atoms with Crippen LogP contribution in [-0.4, -0.2) is 12.6 Å². The molecule has 1 nitrogen and oxygen atoms in total. The van der Waals surface area contributed by atoms with Gasteiger partial charge in [0.05, 0.1) is 0 Å². The fourth-order valence-electron chi connectivity index (χ4n) is 4.01. The molecular formula is C20H33N. The summed E-state index contributed by atoms with van der Waals surface area (Å²) >= 11 is 0. The molecule has 1 fully saturated rings. The zero-order chi connectivity index (χ0) is 15.9. The molecule has 0 aromatic heterocycles. The summed E-state index contributed by atoms with van der Waals surface area (Å²) in [6, 6.07) is 11.4. The molecule has 0 aliphatic heterocycles. The van der Waals surface area contributed by atoms with E-state index >= 15 is 0 Å². The third-order valence-electron chi connectivity index (χ3n) is 6.36. The van der Waals surface area contributed by atoms with Gasteiger partial charge in [-0.3, -0.25) is 0 Å². The maximum atomic E-state index is 3.78. The topological polar surface area (TPSA) is 12.0 Å². The predicted octanol–water partition coefficient (Wildman–Crippen LogP) is 5.01. The lowest BCUT2D eigenvalue weighted by Crippen LogP contribution is -2.35. The van der Waals surface area contributed by atoms with Gasteiger partial charge >= 0.3 is 0 Å². The van der Waals surface area contributed by atoms with E-state index < -0.39 is 0 Å². The van der Waals surface area contributed by atoms with Crippen molar-refractivity contribution in [1.29, 1.82) is 0 Å². The van der Waals surface area contributed by atoms with Crippen LogP contribution in [0.4, 0.5) is 0 Å². The van der Waals surface area contributed by atoms with Crippen molar-refractivity contribution in [3.63, 3.8) is 0 Å². The summed E-state index contributed by atoms with van der Waals surface area (Å²) in [6.45, 7) is 17.8. The summed E-state index contributed by atoms with van der Waals surface area (Å²) < 4.78 is 0. The number of nitrogens with one attached hydrogen (secondary N) is 1. The van der Waals surface area contributed by atoms with Gasteiger partial charge in [0.25, 0.3) is 0 Å². The van der Waals surface area contributed by atoms with Gasteiger partial charge in [0.1, 0.15) is 0 Å². The van der Waals surface area contributed by atoms with Gasteiger partial charge in [-0.05, 0) is 47.6 Å². The SMILES string of the molecule is CC(CC(C)(C)c1ccccc1)NCC1C(C)(C)C1(C)C. The van der Waals surface area contributed by atoms with Crippen LogP contribution in [0.1, 0.15) is 60.5 Å². The van der Waals surface area contributed by atoms with Crippen molar-refractivity contribution in [3.05, 3.63) is 35.9 Å². The second-order valence-corrected chi connectivity index (χ2v) is 8.76. The van der Waals surface area contributed by atoms with Gasteiger partial charge in [-0.15, -0.1) is 0 Å². The third-order valence-corrected chi connectivity index (χ3v) is 6.36. The summed E-state index contributed by atoms with van der Waals surface area (Å²) in [6.07, 6.45) is 1.17. The highest BCUT2D eigenvalue weighted by Gasteiger charge is 2.63. The lowest BCUT2D eigenvalue weighted by molar-refractivity contribution is 0.375. The molecule has 1 aromatic rings. The van der Waals surface area contributed by atoms with Crippen molar-refractivity contribution < 1.29 is 0 Å². The smallest absolute Gasteiger partial charge is 0.00471 e. The molecule has 1 aliphatic carbocycles. The first-order valence-electron chi connectivity index (χ1n) is 8.38. The monoisotopic (exact) mass is 287 g/mol. The Labute approximate surface area is 131 Å². The molecule has 1 aromatic carbocycles. The van der Waals surface area contributed by atoms with E-state index in [9.17, 15) is 0 Å². The molecule has 1 heteroatoms. The molecule has 0 spiro atoms. The Kier molecular flexibility index (Phi) is 4.28. The van der Waals surface area contributed by atoms with Gasteiger partial charge in [-0.2, -0.15) is 0 Å². The van der Waals surface area contributed by atoms with Crippen LogP contribution in [0.25, 0.3) is 0 Å². The zero-order valence-electron chi connectivity index (χ0n) is 15.0. The Morgan fingerprint density at radius 1 is 1.05 bits per heavy atom. The van der Waals surface area contributed by atoms with Gasteiger partial charge in [0, 0.05) is 6.04 Å². The molecule has 0 heterocycles. The van der Waals surface area contributed by atoms with Crippen molar-refractivity contribution in [2.45, 2.75) is 66.3 Å². The molecule has 1 unspecified atom stereocenters. The highest BCUT2D eigenvalue weighted by atomic mass is 14.9. The lowest BCUT2D eigenvalue weighted by Gasteiger charge is -2.29. The second-order valence-electron chi connectivity index (χ2n) is 8.76. The fraction of sp³-hybridized carbons (Fsp3) is 0.700. The van der Waals surface area contributed by atoms with Crippen LogP contribution in [0.2, 0.25) is 0 Å². The van der Waals surface area contributed by atoms with E-state index in [2.05, 4.69) is 84.1 Å². The molecule has 1 aliphatic rings. The summed E-state index contributed by atoms with van der Waals surface area (Å²) in [4.78, 5) is 0. The Morgan fingerprint density at radius 3 is 2.05 bits per heavy atom. The molecule has 0 amide bonds. The second kappa shape index (κ2) is 5.43. The van der Waals surface area contributed by atoms with Crippen molar-refractivity contribution >= 4 is 0 Å². The van der Waals surface area contributed by atoms with Crippen LogP contribution in [0.5, 0.6) is 0 Å². The van der Waals surface area contributed by atoms with Crippen LogP contribution in [-0.2, 0) is 5.41 Å². The van der Waals surface area contributed by atoms with Gasteiger partial charge in [0.2, 0.25) is 0 Å². The van der Waals surface area contributed by atoms with Crippen LogP contribution in [0, 0.1) is 16.7 Å². The van der Waals surface area contributed by atoms with Crippen LogP contribution in [0.3, 0.4) is 0 Å². The van der Waals surface area contributed by atoms with Gasteiger partial charge in [0.15, 0.2) is 0 Å². The van der Waals surface area contributed by atoms with E-state index in [4.69, 9.17) is 0 Å². The maximum absolute atomic E-state index is 3.78. The average Bonchev–Trinajstić information content (AvgIpc) is 2.77. The first-order chi connectivity index (χ1) is 9.59. The van der Waals surface area contributed by atoms with Crippen molar-refractivity contribution in [3.8, 4) is 0 Å². The largest absolute Gasteiger partial charge is 0.314 e. The molecule has 0 radical (unpaired) electrons. The molecule has 1 saturated carbocycles. The predicted molar refractivity (Wildman–Crippen MR) is 92.6 cm³/mol. The van der Waals surface area contributed by atoms with Gasteiger partial charge in [-0.1, -0.05) is 71.9 Å². The number of rotatable bonds is 6. The maximum Gasteiger partial charge on any atom is 0.00471 e. The van der Waals surface area contributed by atoms with Crippen LogP contribution in [0.15, 0.2) is 30.3 Å². The summed E-state index contributed by atoms with van der Waals surface area (Å²) in [5.41, 5.74) is 2.62. The Bertz CT molecular complexity index is 456. The summed E-state index contributed by atoms with van der Waals surface area (Å²) in [5, 5.41) is 3.78. The van der Waals surface area contributed by atoms with E-state index in [1.165, 1.54) is 12.0 Å². The lowest BCUT2D eigenvalue weighted by atomic mass is 9.79. The summed E-state index contributed by atoms with van der Waals surface area (Å²) in [5.74, 6) is 0.798. The number of benzene rings is 1. The van der Waals surface area contributed by atoms with Crippen molar-refractivity contribution in [2.75, 3.05) is 6.54 Å². The minimum Gasteiger partial charge on any atom is -0.314 e. The highest BCUT2D eigenvalue weighted by molar-refractivity contribution is 5.23. The Morgan fingerprint density at radius 2 is 1.57 bits per heavy atom. The third kappa shape index (κ3) is 3.18. The van der Waals surface area contributed by atoms with E-state index in [1.807, 2.05) is 0 Å². The van der Waals surface area contributed by atoms with Crippen LogP contribution >= 0.6 is 0 Å². The average molecular weight is 287 g/mol. The van der Waals surface area contributed by atoms with Crippen molar-refractivity contribution in [2.24, 2.45) is 16.7 Å². The number of hydrogen-bond donors (Lipinski definition) is 1. The van der Waals surface area contributed by atoms with Crippen LogP contribution < -0.4 is 5.32 Å². The fourth-order valence-corrected chi connectivity index (χ4v) is 4.01.